The third-order valence-corrected chi connectivity index (χ3v) is 4.93. The number of nitrogens with zero attached hydrogens (tertiary/aromatic N) is 1. The Morgan fingerprint density at radius 3 is 2.38 bits per heavy atom. The molecule has 0 spiro atoms. The molecule has 1 atom stereocenters. The topological polar surface area (TPSA) is 41.3 Å². The number of nitrogens with one attached hydrogen (secondary N) is 1. The molecule has 1 aromatic carbocycles. The van der Waals surface area contributed by atoms with Gasteiger partial charge in [-0.3, -0.25) is 16.2 Å². The van der Waals surface area contributed by atoms with E-state index in [1.54, 1.807) is 0 Å². The summed E-state index contributed by atoms with van der Waals surface area (Å²) in [5.41, 5.74) is 2.78. The van der Waals surface area contributed by atoms with E-state index in [1.807, 2.05) is 0 Å². The predicted molar refractivity (Wildman–Crippen MR) is 80.5 cm³/mol. The Bertz CT molecular complexity index is 469. The minimum absolute atomic E-state index is 0.292. The number of hydrogen-bond donors (Lipinski definition) is 2. The first-order chi connectivity index (χ1) is 10.1. The quantitative estimate of drug-likeness (QED) is 0.626. The van der Waals surface area contributed by atoms with Crippen LogP contribution in [0.5, 0.6) is 0 Å². The lowest BCUT2D eigenvalue weighted by atomic mass is 9.79. The van der Waals surface area contributed by atoms with Crippen LogP contribution in [0.2, 0.25) is 0 Å². The summed E-state index contributed by atoms with van der Waals surface area (Å²) in [6, 6.07) is 3.15. The molecular weight excluding hydrogens is 272 g/mol. The number of likely N-dealkylation sites (tertiary alicyclic amines) is 1. The lowest BCUT2D eigenvalue weighted by molar-refractivity contribution is 0.0601. The van der Waals surface area contributed by atoms with Gasteiger partial charge in [0.1, 0.15) is 11.6 Å². The summed E-state index contributed by atoms with van der Waals surface area (Å²) >= 11 is 0. The molecule has 0 bridgehead atoms. The third-order valence-electron chi connectivity index (χ3n) is 4.93. The molecule has 0 radical (unpaired) electrons. The zero-order valence-electron chi connectivity index (χ0n) is 12.8. The highest BCUT2D eigenvalue weighted by Gasteiger charge is 2.43. The summed E-state index contributed by atoms with van der Waals surface area (Å²) in [5.74, 6) is 4.91. The molecule has 3 N–H and O–H groups in total. The molecule has 0 saturated carbocycles. The fourth-order valence-electron chi connectivity index (χ4n) is 3.72. The molecule has 0 aromatic heterocycles. The molecule has 0 aliphatic carbocycles. The van der Waals surface area contributed by atoms with Crippen LogP contribution in [0, 0.1) is 11.6 Å². The first-order valence-electron chi connectivity index (χ1n) is 7.75. The molecule has 3 nitrogen and oxygen atoms in total. The van der Waals surface area contributed by atoms with E-state index in [0.717, 1.165) is 44.8 Å². The van der Waals surface area contributed by atoms with Crippen LogP contribution in [-0.4, -0.2) is 23.5 Å². The van der Waals surface area contributed by atoms with Gasteiger partial charge in [-0.05, 0) is 57.0 Å². The molecule has 2 rings (SSSR count). The van der Waals surface area contributed by atoms with Crippen molar-refractivity contribution >= 4 is 0 Å². The van der Waals surface area contributed by atoms with E-state index in [4.69, 9.17) is 5.84 Å². The molecule has 1 heterocycles. The van der Waals surface area contributed by atoms with Crippen LogP contribution in [0.25, 0.3) is 0 Å². The third kappa shape index (κ3) is 2.96. The van der Waals surface area contributed by atoms with E-state index in [0.29, 0.717) is 5.56 Å². The zero-order chi connectivity index (χ0) is 15.5. The molecule has 118 valence electrons. The van der Waals surface area contributed by atoms with Gasteiger partial charge in [-0.25, -0.2) is 8.78 Å². The van der Waals surface area contributed by atoms with E-state index < -0.39 is 17.7 Å². The van der Waals surface area contributed by atoms with Gasteiger partial charge < -0.3 is 0 Å². The van der Waals surface area contributed by atoms with Crippen LogP contribution in [0.15, 0.2) is 18.2 Å². The molecule has 0 amide bonds. The van der Waals surface area contributed by atoms with Crippen LogP contribution in [0.4, 0.5) is 8.78 Å². The van der Waals surface area contributed by atoms with Crippen molar-refractivity contribution in [2.24, 2.45) is 5.84 Å². The second-order valence-corrected chi connectivity index (χ2v) is 5.77. The number of hydrogen-bond acceptors (Lipinski definition) is 3. The molecule has 21 heavy (non-hydrogen) atoms. The maximum atomic E-state index is 14.2. The van der Waals surface area contributed by atoms with Crippen molar-refractivity contribution in [2.45, 2.75) is 51.1 Å². The Balaban J connectivity index is 2.46. The van der Waals surface area contributed by atoms with E-state index in [2.05, 4.69) is 24.2 Å². The molecule has 5 heteroatoms. The molecule has 1 saturated heterocycles. The summed E-state index contributed by atoms with van der Waals surface area (Å²) in [7, 11) is 0. The van der Waals surface area contributed by atoms with Gasteiger partial charge >= 0.3 is 0 Å². The van der Waals surface area contributed by atoms with Gasteiger partial charge in [0.25, 0.3) is 0 Å². The van der Waals surface area contributed by atoms with Gasteiger partial charge in [0, 0.05) is 11.1 Å². The van der Waals surface area contributed by atoms with Gasteiger partial charge in [0.15, 0.2) is 0 Å². The summed E-state index contributed by atoms with van der Waals surface area (Å²) in [6.45, 7) is 6.14. The zero-order valence-corrected chi connectivity index (χ0v) is 12.8. The van der Waals surface area contributed by atoms with Crippen molar-refractivity contribution < 1.29 is 8.78 Å². The first-order valence-corrected chi connectivity index (χ1v) is 7.75. The average molecular weight is 297 g/mol. The summed E-state index contributed by atoms with van der Waals surface area (Å²) < 4.78 is 27.8. The SMILES string of the molecule is CCC(CC)(C(NN)c1cc(F)ccc1F)N1CCCC1. The summed E-state index contributed by atoms with van der Waals surface area (Å²) in [4.78, 5) is 2.38. The minimum Gasteiger partial charge on any atom is -0.296 e. The van der Waals surface area contributed by atoms with Crippen molar-refractivity contribution in [3.05, 3.63) is 35.4 Å². The number of halogens is 2. The molecule has 1 aliphatic rings. The van der Waals surface area contributed by atoms with Crippen molar-refractivity contribution in [1.82, 2.24) is 10.3 Å². The molecule has 1 unspecified atom stereocenters. The molecule has 1 aliphatic heterocycles. The van der Waals surface area contributed by atoms with Gasteiger partial charge in [0.05, 0.1) is 6.04 Å². The maximum Gasteiger partial charge on any atom is 0.128 e. The fourth-order valence-corrected chi connectivity index (χ4v) is 3.72. The largest absolute Gasteiger partial charge is 0.296 e. The Kier molecular flexibility index (Phi) is 5.30. The highest BCUT2D eigenvalue weighted by Crippen LogP contribution is 2.39. The Morgan fingerprint density at radius 2 is 1.86 bits per heavy atom. The van der Waals surface area contributed by atoms with Gasteiger partial charge in [-0.2, -0.15) is 0 Å². The number of hydrazine groups is 1. The normalized spacial score (nSPS) is 18.1. The van der Waals surface area contributed by atoms with Crippen molar-refractivity contribution in [3.63, 3.8) is 0 Å². The van der Waals surface area contributed by atoms with E-state index in [-0.39, 0.29) is 5.54 Å². The Labute approximate surface area is 125 Å². The first kappa shape index (κ1) is 16.3. The number of nitrogens with two attached hydrogens (primary N) is 1. The predicted octanol–water partition coefficient (Wildman–Crippen LogP) is 3.12. The highest BCUT2D eigenvalue weighted by atomic mass is 19.1. The maximum absolute atomic E-state index is 14.2. The monoisotopic (exact) mass is 297 g/mol. The molecule has 1 fully saturated rings. The van der Waals surface area contributed by atoms with Crippen LogP contribution in [0.1, 0.15) is 51.1 Å². The van der Waals surface area contributed by atoms with Crippen LogP contribution in [-0.2, 0) is 0 Å². The average Bonchev–Trinajstić information content (AvgIpc) is 3.02. The van der Waals surface area contributed by atoms with Crippen molar-refractivity contribution in [3.8, 4) is 0 Å². The summed E-state index contributed by atoms with van der Waals surface area (Å²) in [6.07, 6.45) is 3.94. The molecule has 1 aromatic rings. The number of benzene rings is 1. The van der Waals surface area contributed by atoms with Crippen LogP contribution >= 0.6 is 0 Å². The fraction of sp³-hybridized carbons (Fsp3) is 0.625. The molecular formula is C16H25F2N3. The number of rotatable bonds is 6. The van der Waals surface area contributed by atoms with E-state index in [1.165, 1.54) is 12.1 Å². The lowest BCUT2D eigenvalue weighted by Crippen LogP contribution is -2.56. The van der Waals surface area contributed by atoms with Crippen LogP contribution in [0.3, 0.4) is 0 Å². The second kappa shape index (κ2) is 6.81. The Hall–Kier alpha value is -1.04. The van der Waals surface area contributed by atoms with E-state index >= 15 is 0 Å². The second-order valence-electron chi connectivity index (χ2n) is 5.77. The van der Waals surface area contributed by atoms with Crippen molar-refractivity contribution in [2.75, 3.05) is 13.1 Å². The van der Waals surface area contributed by atoms with Crippen LogP contribution < -0.4 is 11.3 Å². The lowest BCUT2D eigenvalue weighted by Gasteiger charge is -2.46. The smallest absolute Gasteiger partial charge is 0.128 e. The highest BCUT2D eigenvalue weighted by molar-refractivity contribution is 5.26. The van der Waals surface area contributed by atoms with E-state index in [9.17, 15) is 8.78 Å². The Morgan fingerprint density at radius 1 is 1.24 bits per heavy atom. The van der Waals surface area contributed by atoms with Gasteiger partial charge in [-0.1, -0.05) is 13.8 Å². The van der Waals surface area contributed by atoms with Crippen molar-refractivity contribution in [1.29, 1.82) is 0 Å². The standard InChI is InChI=1S/C16H25F2N3/c1-3-16(4-2,21-9-5-6-10-21)15(20-19)13-11-12(17)7-8-14(13)18/h7-8,11,15,20H,3-6,9-10,19H2,1-2H3. The van der Waals surface area contributed by atoms with Gasteiger partial charge in [-0.15, -0.1) is 0 Å². The minimum atomic E-state index is -0.436. The van der Waals surface area contributed by atoms with Gasteiger partial charge in [0.2, 0.25) is 0 Å². The summed E-state index contributed by atoms with van der Waals surface area (Å²) in [5, 5.41) is 0.